The predicted octanol–water partition coefficient (Wildman–Crippen LogP) is 14.3. The summed E-state index contributed by atoms with van der Waals surface area (Å²) in [5.41, 5.74) is 10.3. The van der Waals surface area contributed by atoms with Crippen LogP contribution >= 0.6 is 0 Å². The van der Waals surface area contributed by atoms with Crippen LogP contribution in [-0.2, 0) is 0 Å². The number of fused-ring (bicyclic) bond motifs is 10. The maximum absolute atomic E-state index is 6.65. The van der Waals surface area contributed by atoms with Crippen LogP contribution in [0.4, 0.5) is 0 Å². The van der Waals surface area contributed by atoms with E-state index in [0.717, 1.165) is 104 Å². The molecule has 0 amide bonds. The molecule has 0 fully saturated rings. The SMILES string of the molecule is c1ccc(-c2ccccc2-c2ccccc2-c2nc(-c3cc4ccccc4c4oc5ccccc5c34)nc(-c3cc4ccccc4c4oc5ccccc5c34)n2)cc1. The van der Waals surface area contributed by atoms with Gasteiger partial charge in [0, 0.05) is 49.0 Å². The summed E-state index contributed by atoms with van der Waals surface area (Å²) in [7, 11) is 0. The molecular weight excluding hydrogens is 711 g/mol. The molecule has 12 aromatic rings. The Morgan fingerprint density at radius 2 is 0.672 bits per heavy atom. The highest BCUT2D eigenvalue weighted by Gasteiger charge is 2.24. The van der Waals surface area contributed by atoms with Gasteiger partial charge in [-0.1, -0.05) is 164 Å². The van der Waals surface area contributed by atoms with E-state index < -0.39 is 0 Å². The van der Waals surface area contributed by atoms with Gasteiger partial charge in [-0.3, -0.25) is 0 Å². The van der Waals surface area contributed by atoms with E-state index in [0.29, 0.717) is 17.5 Å². The minimum absolute atomic E-state index is 0.558. The predicted molar refractivity (Wildman–Crippen MR) is 237 cm³/mol. The summed E-state index contributed by atoms with van der Waals surface area (Å²) < 4.78 is 13.3. The van der Waals surface area contributed by atoms with Crippen LogP contribution in [0.2, 0.25) is 0 Å². The largest absolute Gasteiger partial charge is 0.455 e. The number of nitrogens with zero attached hydrogens (tertiary/aromatic N) is 3. The van der Waals surface area contributed by atoms with Gasteiger partial charge in [-0.05, 0) is 57.3 Å². The van der Waals surface area contributed by atoms with E-state index in [1.165, 1.54) is 0 Å². The second-order valence-corrected chi connectivity index (χ2v) is 14.7. The lowest BCUT2D eigenvalue weighted by molar-refractivity contribution is 0.672. The van der Waals surface area contributed by atoms with Crippen molar-refractivity contribution >= 4 is 65.4 Å². The molecule has 0 unspecified atom stereocenters. The molecular formula is C53H31N3O2. The monoisotopic (exact) mass is 741 g/mol. The molecule has 0 spiro atoms. The van der Waals surface area contributed by atoms with Crippen molar-refractivity contribution in [2.24, 2.45) is 0 Å². The van der Waals surface area contributed by atoms with Crippen molar-refractivity contribution in [3.8, 4) is 56.4 Å². The maximum atomic E-state index is 6.65. The molecule has 0 radical (unpaired) electrons. The smallest absolute Gasteiger partial charge is 0.164 e. The van der Waals surface area contributed by atoms with Crippen LogP contribution in [0, 0.1) is 0 Å². The molecule has 3 aromatic heterocycles. The van der Waals surface area contributed by atoms with Crippen molar-refractivity contribution in [2.75, 3.05) is 0 Å². The first-order chi connectivity index (χ1) is 28.8. The number of para-hydroxylation sites is 2. The molecule has 5 heteroatoms. The zero-order valence-electron chi connectivity index (χ0n) is 31.1. The first kappa shape index (κ1) is 32.4. The van der Waals surface area contributed by atoms with Crippen LogP contribution in [0.5, 0.6) is 0 Å². The van der Waals surface area contributed by atoms with Gasteiger partial charge >= 0.3 is 0 Å². The summed E-state index contributed by atoms with van der Waals surface area (Å²) in [4.78, 5) is 16.3. The summed E-state index contributed by atoms with van der Waals surface area (Å²) in [5, 5.41) is 8.11. The van der Waals surface area contributed by atoms with E-state index >= 15 is 0 Å². The van der Waals surface area contributed by atoms with Crippen molar-refractivity contribution < 1.29 is 8.83 Å². The van der Waals surface area contributed by atoms with Gasteiger partial charge in [-0.25, -0.2) is 15.0 Å². The number of benzene rings is 9. The normalized spacial score (nSPS) is 11.8. The molecule has 0 saturated heterocycles. The third kappa shape index (κ3) is 5.00. The Balaban J connectivity index is 1.21. The summed E-state index contributed by atoms with van der Waals surface area (Å²) in [6.07, 6.45) is 0. The fraction of sp³-hybridized carbons (Fsp3) is 0. The Hall–Kier alpha value is -7.89. The van der Waals surface area contributed by atoms with Crippen molar-refractivity contribution in [1.29, 1.82) is 0 Å². The maximum Gasteiger partial charge on any atom is 0.164 e. The molecule has 0 N–H and O–H groups in total. The topological polar surface area (TPSA) is 65.0 Å². The second-order valence-electron chi connectivity index (χ2n) is 14.7. The highest BCUT2D eigenvalue weighted by Crippen LogP contribution is 2.44. The first-order valence-electron chi connectivity index (χ1n) is 19.4. The minimum atomic E-state index is 0.558. The fourth-order valence-corrected chi connectivity index (χ4v) is 8.71. The lowest BCUT2D eigenvalue weighted by Gasteiger charge is -2.16. The highest BCUT2D eigenvalue weighted by molar-refractivity contribution is 6.22. The lowest BCUT2D eigenvalue weighted by Crippen LogP contribution is -2.02. The third-order valence-corrected chi connectivity index (χ3v) is 11.3. The summed E-state index contributed by atoms with van der Waals surface area (Å²) in [6, 6.07) is 65.0. The molecule has 5 nitrogen and oxygen atoms in total. The number of hydrogen-bond acceptors (Lipinski definition) is 5. The molecule has 0 aliphatic carbocycles. The summed E-state index contributed by atoms with van der Waals surface area (Å²) in [6.45, 7) is 0. The number of furan rings is 2. The summed E-state index contributed by atoms with van der Waals surface area (Å²) >= 11 is 0. The van der Waals surface area contributed by atoms with Crippen molar-refractivity contribution in [1.82, 2.24) is 15.0 Å². The highest BCUT2D eigenvalue weighted by atomic mass is 16.3. The molecule has 270 valence electrons. The summed E-state index contributed by atoms with van der Waals surface area (Å²) in [5.74, 6) is 1.69. The molecule has 58 heavy (non-hydrogen) atoms. The van der Waals surface area contributed by atoms with Gasteiger partial charge in [0.15, 0.2) is 17.5 Å². The molecule has 9 aromatic carbocycles. The third-order valence-electron chi connectivity index (χ3n) is 11.3. The molecule has 12 rings (SSSR count). The Morgan fingerprint density at radius 1 is 0.293 bits per heavy atom. The molecule has 0 saturated carbocycles. The number of hydrogen-bond donors (Lipinski definition) is 0. The van der Waals surface area contributed by atoms with E-state index in [1.807, 2.05) is 30.3 Å². The Kier molecular flexibility index (Phi) is 7.16. The van der Waals surface area contributed by atoms with Crippen LogP contribution in [0.1, 0.15) is 0 Å². The first-order valence-corrected chi connectivity index (χ1v) is 19.4. The van der Waals surface area contributed by atoms with Gasteiger partial charge < -0.3 is 8.83 Å². The molecule has 0 atom stereocenters. The van der Waals surface area contributed by atoms with Gasteiger partial charge in [0.2, 0.25) is 0 Å². The van der Waals surface area contributed by atoms with E-state index in [1.54, 1.807) is 0 Å². The standard InChI is InChI=1S/C53H31N3O2/c1-2-16-32(17-3-1)35-20-8-9-23-38(35)39-24-10-11-25-40(39)51-54-52(43-30-33-18-4-6-21-36(33)49-47(43)41-26-12-14-28-45(41)57-49)56-53(55-51)44-31-34-19-5-7-22-37(34)50-48(44)42-27-13-15-29-46(42)58-50/h1-31H. The van der Waals surface area contributed by atoms with Crippen LogP contribution in [-0.4, -0.2) is 15.0 Å². The lowest BCUT2D eigenvalue weighted by atomic mass is 9.91. The minimum Gasteiger partial charge on any atom is -0.455 e. The van der Waals surface area contributed by atoms with Crippen molar-refractivity contribution in [3.63, 3.8) is 0 Å². The Labute approximate surface area is 332 Å². The molecule has 3 heterocycles. The average Bonchev–Trinajstić information content (AvgIpc) is 3.89. The van der Waals surface area contributed by atoms with Crippen LogP contribution in [0.15, 0.2) is 197 Å². The van der Waals surface area contributed by atoms with Gasteiger partial charge in [-0.15, -0.1) is 0 Å². The second kappa shape index (κ2) is 12.8. The quantitative estimate of drug-likeness (QED) is 0.176. The van der Waals surface area contributed by atoms with Gasteiger partial charge in [-0.2, -0.15) is 0 Å². The van der Waals surface area contributed by atoms with Gasteiger partial charge in [0.05, 0.1) is 0 Å². The van der Waals surface area contributed by atoms with E-state index in [9.17, 15) is 0 Å². The fourth-order valence-electron chi connectivity index (χ4n) is 8.71. The van der Waals surface area contributed by atoms with Crippen molar-refractivity contribution in [2.45, 2.75) is 0 Å². The number of rotatable bonds is 5. The molecule has 0 aliphatic heterocycles. The van der Waals surface area contributed by atoms with Gasteiger partial charge in [0.25, 0.3) is 0 Å². The van der Waals surface area contributed by atoms with Gasteiger partial charge in [0.1, 0.15) is 22.3 Å². The van der Waals surface area contributed by atoms with Crippen molar-refractivity contribution in [3.05, 3.63) is 188 Å². The average molecular weight is 742 g/mol. The Morgan fingerprint density at radius 3 is 1.21 bits per heavy atom. The zero-order chi connectivity index (χ0) is 38.2. The van der Waals surface area contributed by atoms with E-state index in [-0.39, 0.29) is 0 Å². The van der Waals surface area contributed by atoms with E-state index in [2.05, 4.69) is 158 Å². The molecule has 0 bridgehead atoms. The van der Waals surface area contributed by atoms with Crippen LogP contribution in [0.25, 0.3) is 122 Å². The van der Waals surface area contributed by atoms with Crippen LogP contribution < -0.4 is 0 Å². The zero-order valence-corrected chi connectivity index (χ0v) is 31.1. The number of aromatic nitrogens is 3. The molecule has 0 aliphatic rings. The Bertz CT molecular complexity index is 3410. The van der Waals surface area contributed by atoms with Crippen LogP contribution in [0.3, 0.4) is 0 Å². The van der Waals surface area contributed by atoms with E-state index in [4.69, 9.17) is 23.8 Å².